The third-order valence-electron chi connectivity index (χ3n) is 4.75. The fourth-order valence-corrected chi connectivity index (χ4v) is 4.35. The molecule has 8 heteroatoms. The highest BCUT2D eigenvalue weighted by Crippen LogP contribution is 2.28. The van der Waals surface area contributed by atoms with E-state index in [1.54, 1.807) is 42.5 Å². The standard InChI is InChI=1S/C19H21ClF2N2O2S/c1-2-27(25,26)24-19-16(21)11-23-17(19)10-13-6-4-8-15(18(13)22)12-5-3-7-14(20)9-12/h3-9,16-17,19,23-24H,2,10-11H2,1H3/t16-,17-,19-/m0/s1. The van der Waals surface area contributed by atoms with E-state index >= 15 is 4.39 Å². The molecule has 3 rings (SSSR count). The number of rotatable bonds is 6. The van der Waals surface area contributed by atoms with Crippen LogP contribution in [-0.4, -0.2) is 39.0 Å². The first kappa shape index (κ1) is 20.2. The van der Waals surface area contributed by atoms with Crippen LogP contribution in [0.1, 0.15) is 12.5 Å². The van der Waals surface area contributed by atoms with Crippen molar-refractivity contribution in [1.29, 1.82) is 0 Å². The lowest BCUT2D eigenvalue weighted by molar-refractivity contribution is 0.304. The first-order valence-electron chi connectivity index (χ1n) is 8.71. The van der Waals surface area contributed by atoms with Gasteiger partial charge in [0.2, 0.25) is 10.0 Å². The van der Waals surface area contributed by atoms with Gasteiger partial charge < -0.3 is 5.32 Å². The topological polar surface area (TPSA) is 58.2 Å². The third-order valence-corrected chi connectivity index (χ3v) is 6.37. The average molecular weight is 415 g/mol. The molecular weight excluding hydrogens is 394 g/mol. The number of benzene rings is 2. The summed E-state index contributed by atoms with van der Waals surface area (Å²) in [5.41, 5.74) is 1.43. The van der Waals surface area contributed by atoms with Crippen molar-refractivity contribution in [3.63, 3.8) is 0 Å². The van der Waals surface area contributed by atoms with Gasteiger partial charge in [0.05, 0.1) is 11.8 Å². The normalized spacial score (nSPS) is 22.9. The van der Waals surface area contributed by atoms with Crippen molar-refractivity contribution >= 4 is 21.6 Å². The zero-order valence-corrected chi connectivity index (χ0v) is 16.3. The molecule has 1 fully saturated rings. The van der Waals surface area contributed by atoms with Gasteiger partial charge >= 0.3 is 0 Å². The quantitative estimate of drug-likeness (QED) is 0.762. The minimum Gasteiger partial charge on any atom is -0.309 e. The van der Waals surface area contributed by atoms with Gasteiger partial charge in [-0.25, -0.2) is 21.9 Å². The van der Waals surface area contributed by atoms with Crippen molar-refractivity contribution in [2.75, 3.05) is 12.3 Å². The van der Waals surface area contributed by atoms with Crippen LogP contribution in [0.4, 0.5) is 8.78 Å². The predicted molar refractivity (Wildman–Crippen MR) is 104 cm³/mol. The summed E-state index contributed by atoms with van der Waals surface area (Å²) in [6.45, 7) is 1.51. The van der Waals surface area contributed by atoms with E-state index in [0.29, 0.717) is 21.7 Å². The Kier molecular flexibility index (Phi) is 6.15. The van der Waals surface area contributed by atoms with Gasteiger partial charge in [0.15, 0.2) is 0 Å². The zero-order valence-electron chi connectivity index (χ0n) is 14.8. The number of sulfonamides is 1. The Morgan fingerprint density at radius 3 is 2.70 bits per heavy atom. The molecule has 1 saturated heterocycles. The second-order valence-corrected chi connectivity index (χ2v) is 9.05. The SMILES string of the molecule is CCS(=O)(=O)N[C@@H]1[C@H](Cc2cccc(-c3cccc(Cl)c3)c2F)NC[C@@H]1F. The Morgan fingerprint density at radius 1 is 1.26 bits per heavy atom. The number of halogens is 3. The Balaban J connectivity index is 1.86. The van der Waals surface area contributed by atoms with E-state index in [-0.39, 0.29) is 18.7 Å². The Labute approximate surface area is 163 Å². The lowest BCUT2D eigenvalue weighted by atomic mass is 9.96. The summed E-state index contributed by atoms with van der Waals surface area (Å²) in [5.74, 6) is -0.553. The lowest BCUT2D eigenvalue weighted by Gasteiger charge is -2.22. The van der Waals surface area contributed by atoms with Crippen LogP contribution in [0.15, 0.2) is 42.5 Å². The molecule has 0 spiro atoms. The molecule has 2 aromatic carbocycles. The molecule has 1 aliphatic heterocycles. The molecule has 2 aromatic rings. The van der Waals surface area contributed by atoms with Crippen molar-refractivity contribution in [2.45, 2.75) is 31.6 Å². The number of hydrogen-bond acceptors (Lipinski definition) is 3. The lowest BCUT2D eigenvalue weighted by Crippen LogP contribution is -2.48. The van der Waals surface area contributed by atoms with E-state index in [0.717, 1.165) is 0 Å². The Morgan fingerprint density at radius 2 is 2.00 bits per heavy atom. The van der Waals surface area contributed by atoms with Crippen molar-refractivity contribution in [3.05, 3.63) is 58.9 Å². The van der Waals surface area contributed by atoms with Gasteiger partial charge in [0.25, 0.3) is 0 Å². The van der Waals surface area contributed by atoms with Crippen LogP contribution in [0.3, 0.4) is 0 Å². The van der Waals surface area contributed by atoms with Crippen LogP contribution in [0, 0.1) is 5.82 Å². The zero-order chi connectivity index (χ0) is 19.6. The summed E-state index contributed by atoms with van der Waals surface area (Å²) in [4.78, 5) is 0. The number of nitrogens with one attached hydrogen (secondary N) is 2. The minimum atomic E-state index is -3.57. The van der Waals surface area contributed by atoms with Crippen molar-refractivity contribution in [1.82, 2.24) is 10.0 Å². The van der Waals surface area contributed by atoms with Crippen molar-refractivity contribution in [2.24, 2.45) is 0 Å². The summed E-state index contributed by atoms with van der Waals surface area (Å²) in [5, 5.41) is 3.46. The predicted octanol–water partition coefficient (Wildman–Crippen LogP) is 3.31. The van der Waals surface area contributed by atoms with Crippen LogP contribution in [0.25, 0.3) is 11.1 Å². The molecule has 1 heterocycles. The monoisotopic (exact) mass is 414 g/mol. The number of hydrogen-bond donors (Lipinski definition) is 2. The Hall–Kier alpha value is -1.54. The average Bonchev–Trinajstić information content (AvgIpc) is 2.96. The van der Waals surface area contributed by atoms with Gasteiger partial charge in [-0.15, -0.1) is 0 Å². The van der Waals surface area contributed by atoms with Gasteiger partial charge in [-0.2, -0.15) is 0 Å². The molecule has 146 valence electrons. The number of alkyl halides is 1. The summed E-state index contributed by atoms with van der Waals surface area (Å²) in [7, 11) is -3.57. The summed E-state index contributed by atoms with van der Waals surface area (Å²) in [6.07, 6.45) is -1.20. The summed E-state index contributed by atoms with van der Waals surface area (Å²) < 4.78 is 55.3. The molecule has 0 bridgehead atoms. The fourth-order valence-electron chi connectivity index (χ4n) is 3.27. The molecule has 0 amide bonds. The molecule has 27 heavy (non-hydrogen) atoms. The van der Waals surface area contributed by atoms with Crippen LogP contribution in [0.2, 0.25) is 5.02 Å². The smallest absolute Gasteiger partial charge is 0.211 e. The van der Waals surface area contributed by atoms with Crippen LogP contribution in [0.5, 0.6) is 0 Å². The molecule has 0 saturated carbocycles. The van der Waals surface area contributed by atoms with Gasteiger partial charge in [-0.05, 0) is 36.6 Å². The maximum atomic E-state index is 15.1. The van der Waals surface area contributed by atoms with E-state index in [1.165, 1.54) is 6.92 Å². The van der Waals surface area contributed by atoms with Crippen molar-refractivity contribution < 1.29 is 17.2 Å². The molecule has 4 nitrogen and oxygen atoms in total. The maximum absolute atomic E-state index is 15.1. The van der Waals surface area contributed by atoms with E-state index in [9.17, 15) is 12.8 Å². The molecule has 0 aromatic heterocycles. The highest BCUT2D eigenvalue weighted by atomic mass is 35.5. The van der Waals surface area contributed by atoms with E-state index in [2.05, 4.69) is 10.0 Å². The molecular formula is C19H21ClF2N2O2S. The second kappa shape index (κ2) is 8.22. The van der Waals surface area contributed by atoms with Crippen LogP contribution < -0.4 is 10.0 Å². The molecule has 2 N–H and O–H groups in total. The fraction of sp³-hybridized carbons (Fsp3) is 0.368. The van der Waals surface area contributed by atoms with Gasteiger partial charge in [0.1, 0.15) is 12.0 Å². The maximum Gasteiger partial charge on any atom is 0.211 e. The first-order valence-corrected chi connectivity index (χ1v) is 10.7. The van der Waals surface area contributed by atoms with Crippen LogP contribution in [-0.2, 0) is 16.4 Å². The van der Waals surface area contributed by atoms with Crippen LogP contribution >= 0.6 is 11.6 Å². The molecule has 0 unspecified atom stereocenters. The molecule has 3 atom stereocenters. The van der Waals surface area contributed by atoms with Gasteiger partial charge in [0, 0.05) is 23.2 Å². The van der Waals surface area contributed by atoms with Gasteiger partial charge in [-0.3, -0.25) is 0 Å². The van der Waals surface area contributed by atoms with E-state index in [4.69, 9.17) is 11.6 Å². The van der Waals surface area contributed by atoms with E-state index in [1.807, 2.05) is 0 Å². The largest absolute Gasteiger partial charge is 0.309 e. The summed E-state index contributed by atoms with van der Waals surface area (Å²) >= 11 is 6.00. The molecule has 1 aliphatic rings. The minimum absolute atomic E-state index is 0.0250. The molecule has 0 radical (unpaired) electrons. The third kappa shape index (κ3) is 4.66. The second-order valence-electron chi connectivity index (χ2n) is 6.57. The highest BCUT2D eigenvalue weighted by molar-refractivity contribution is 7.89. The highest BCUT2D eigenvalue weighted by Gasteiger charge is 2.38. The van der Waals surface area contributed by atoms with Gasteiger partial charge in [-0.1, -0.05) is 41.9 Å². The Bertz CT molecular complexity index is 924. The summed E-state index contributed by atoms with van der Waals surface area (Å²) in [6, 6.07) is 10.4. The van der Waals surface area contributed by atoms with Crippen molar-refractivity contribution in [3.8, 4) is 11.1 Å². The van der Waals surface area contributed by atoms with E-state index < -0.39 is 34.1 Å². The first-order chi connectivity index (χ1) is 12.8. The molecule has 0 aliphatic carbocycles.